The largest absolute Gasteiger partial charge is 0.345 e. The smallest absolute Gasteiger partial charge is 0.243 e. The quantitative estimate of drug-likeness (QED) is 0.711. The molecule has 0 unspecified atom stereocenters. The Hall–Kier alpha value is -1.22. The first-order valence-corrected chi connectivity index (χ1v) is 8.75. The molecule has 1 aromatic rings. The van der Waals surface area contributed by atoms with Gasteiger partial charge in [-0.2, -0.15) is 0 Å². The number of sulfonamides is 1. The first kappa shape index (κ1) is 22.8. The Bertz CT molecular complexity index is 653. The van der Waals surface area contributed by atoms with E-state index in [0.29, 0.717) is 13.1 Å². The van der Waals surface area contributed by atoms with Gasteiger partial charge in [0.05, 0.1) is 0 Å². The molecular formula is C15H25ClFN3O3S. The SMILES string of the molecule is CN(CC(C)(C)CN)C(=O)CCNS(=O)(=O)c1ccccc1F.Cl. The number of nitrogens with one attached hydrogen (secondary N) is 1. The van der Waals surface area contributed by atoms with E-state index < -0.39 is 20.7 Å². The Kier molecular flexibility index (Phi) is 8.84. The molecule has 6 nitrogen and oxygen atoms in total. The van der Waals surface area contributed by atoms with Gasteiger partial charge >= 0.3 is 0 Å². The van der Waals surface area contributed by atoms with Crippen LogP contribution >= 0.6 is 12.4 Å². The summed E-state index contributed by atoms with van der Waals surface area (Å²) in [7, 11) is -2.32. The van der Waals surface area contributed by atoms with Crippen LogP contribution in [0.4, 0.5) is 4.39 Å². The van der Waals surface area contributed by atoms with Crippen molar-refractivity contribution in [2.75, 3.05) is 26.7 Å². The second-order valence-electron chi connectivity index (χ2n) is 6.20. The van der Waals surface area contributed by atoms with Gasteiger partial charge in [0.2, 0.25) is 15.9 Å². The first-order chi connectivity index (χ1) is 10.6. The molecule has 0 saturated carbocycles. The second kappa shape index (κ2) is 9.31. The second-order valence-corrected chi connectivity index (χ2v) is 7.93. The van der Waals surface area contributed by atoms with Gasteiger partial charge in [-0.1, -0.05) is 26.0 Å². The van der Waals surface area contributed by atoms with Crippen molar-refractivity contribution in [2.45, 2.75) is 25.2 Å². The molecule has 1 rings (SSSR count). The summed E-state index contributed by atoms with van der Waals surface area (Å²) in [6, 6.07) is 5.09. The van der Waals surface area contributed by atoms with Crippen molar-refractivity contribution in [1.82, 2.24) is 9.62 Å². The van der Waals surface area contributed by atoms with Gasteiger partial charge in [-0.25, -0.2) is 17.5 Å². The molecule has 0 aliphatic rings. The molecule has 0 radical (unpaired) electrons. The normalized spacial score (nSPS) is 11.7. The number of benzene rings is 1. The highest BCUT2D eigenvalue weighted by Crippen LogP contribution is 2.15. The summed E-state index contributed by atoms with van der Waals surface area (Å²) in [5.74, 6) is -1.03. The minimum atomic E-state index is -3.97. The van der Waals surface area contributed by atoms with E-state index in [2.05, 4.69) is 4.72 Å². The summed E-state index contributed by atoms with van der Waals surface area (Å²) in [5.41, 5.74) is 5.41. The van der Waals surface area contributed by atoms with Crippen molar-refractivity contribution >= 4 is 28.3 Å². The van der Waals surface area contributed by atoms with Crippen molar-refractivity contribution in [3.8, 4) is 0 Å². The van der Waals surface area contributed by atoms with Crippen LogP contribution in [0.3, 0.4) is 0 Å². The fourth-order valence-electron chi connectivity index (χ4n) is 2.02. The number of halogens is 2. The maximum absolute atomic E-state index is 13.5. The zero-order valence-corrected chi connectivity index (χ0v) is 15.7. The molecule has 0 spiro atoms. The molecule has 0 heterocycles. The van der Waals surface area contributed by atoms with E-state index in [1.807, 2.05) is 13.8 Å². The molecule has 138 valence electrons. The zero-order valence-electron chi connectivity index (χ0n) is 14.1. The molecule has 3 N–H and O–H groups in total. The molecule has 0 saturated heterocycles. The van der Waals surface area contributed by atoms with Crippen molar-refractivity contribution in [2.24, 2.45) is 11.1 Å². The number of hydrogen-bond acceptors (Lipinski definition) is 4. The van der Waals surface area contributed by atoms with E-state index in [4.69, 9.17) is 5.73 Å². The third kappa shape index (κ3) is 6.72. The molecular weight excluding hydrogens is 357 g/mol. The lowest BCUT2D eigenvalue weighted by molar-refractivity contribution is -0.130. The highest BCUT2D eigenvalue weighted by Gasteiger charge is 2.22. The Morgan fingerprint density at radius 1 is 1.33 bits per heavy atom. The van der Waals surface area contributed by atoms with Gasteiger partial charge < -0.3 is 10.6 Å². The molecule has 0 atom stereocenters. The number of amides is 1. The van der Waals surface area contributed by atoms with Crippen LogP contribution < -0.4 is 10.5 Å². The molecule has 0 aliphatic carbocycles. The number of nitrogens with two attached hydrogens (primary N) is 1. The van der Waals surface area contributed by atoms with E-state index in [1.165, 1.54) is 23.1 Å². The number of rotatable bonds is 8. The highest BCUT2D eigenvalue weighted by atomic mass is 35.5. The van der Waals surface area contributed by atoms with Crippen LogP contribution in [0.5, 0.6) is 0 Å². The van der Waals surface area contributed by atoms with Crippen LogP contribution in [0, 0.1) is 11.2 Å². The predicted octanol–water partition coefficient (Wildman–Crippen LogP) is 1.36. The summed E-state index contributed by atoms with van der Waals surface area (Å²) in [6.45, 7) is 4.70. The Labute approximate surface area is 149 Å². The zero-order chi connectivity index (χ0) is 17.7. The lowest BCUT2D eigenvalue weighted by atomic mass is 9.93. The lowest BCUT2D eigenvalue weighted by Gasteiger charge is -2.29. The average Bonchev–Trinajstić information content (AvgIpc) is 2.46. The monoisotopic (exact) mass is 381 g/mol. The Morgan fingerprint density at radius 3 is 2.46 bits per heavy atom. The molecule has 1 amide bonds. The topological polar surface area (TPSA) is 92.5 Å². The summed E-state index contributed by atoms with van der Waals surface area (Å²) in [5, 5.41) is 0. The van der Waals surface area contributed by atoms with Crippen LogP contribution in [0.25, 0.3) is 0 Å². The lowest BCUT2D eigenvalue weighted by Crippen LogP contribution is -2.40. The molecule has 9 heteroatoms. The third-order valence-electron chi connectivity index (χ3n) is 3.40. The maximum atomic E-state index is 13.5. The Balaban J connectivity index is 0.00000529. The number of hydrogen-bond donors (Lipinski definition) is 2. The van der Waals surface area contributed by atoms with Gasteiger partial charge in [0.15, 0.2) is 0 Å². The standard InChI is InChI=1S/C15H24FN3O3S.ClH/c1-15(2,10-17)11-19(3)14(20)8-9-18-23(21,22)13-7-5-4-6-12(13)16;/h4-7,18H,8-11,17H2,1-3H3;1H. The maximum Gasteiger partial charge on any atom is 0.243 e. The van der Waals surface area contributed by atoms with Crippen LogP contribution in [-0.2, 0) is 14.8 Å². The summed E-state index contributed by atoms with van der Waals surface area (Å²) >= 11 is 0. The molecule has 0 aliphatic heterocycles. The van der Waals surface area contributed by atoms with E-state index >= 15 is 0 Å². The van der Waals surface area contributed by atoms with Gasteiger partial charge in [-0.05, 0) is 24.1 Å². The van der Waals surface area contributed by atoms with Gasteiger partial charge in [0.25, 0.3) is 0 Å². The summed E-state index contributed by atoms with van der Waals surface area (Å²) in [6.07, 6.45) is -0.00909. The number of carbonyl (C=O) groups is 1. The minimum Gasteiger partial charge on any atom is -0.345 e. The van der Waals surface area contributed by atoms with Gasteiger partial charge in [-0.15, -0.1) is 12.4 Å². The number of carbonyl (C=O) groups excluding carboxylic acids is 1. The van der Waals surface area contributed by atoms with Crippen LogP contribution in [0.1, 0.15) is 20.3 Å². The van der Waals surface area contributed by atoms with E-state index in [9.17, 15) is 17.6 Å². The minimum absolute atomic E-state index is 0. The highest BCUT2D eigenvalue weighted by molar-refractivity contribution is 7.89. The van der Waals surface area contributed by atoms with E-state index in [0.717, 1.165) is 6.07 Å². The van der Waals surface area contributed by atoms with E-state index in [1.54, 1.807) is 7.05 Å². The summed E-state index contributed by atoms with van der Waals surface area (Å²) < 4.78 is 39.7. The van der Waals surface area contributed by atoms with Crippen molar-refractivity contribution in [3.63, 3.8) is 0 Å². The van der Waals surface area contributed by atoms with Crippen molar-refractivity contribution in [1.29, 1.82) is 0 Å². The molecule has 0 fully saturated rings. The van der Waals surface area contributed by atoms with Gasteiger partial charge in [-0.3, -0.25) is 4.79 Å². The van der Waals surface area contributed by atoms with Gasteiger partial charge in [0.1, 0.15) is 10.7 Å². The van der Waals surface area contributed by atoms with Crippen molar-refractivity contribution < 1.29 is 17.6 Å². The summed E-state index contributed by atoms with van der Waals surface area (Å²) in [4.78, 5) is 13.1. The third-order valence-corrected chi connectivity index (χ3v) is 4.89. The Morgan fingerprint density at radius 2 is 1.92 bits per heavy atom. The molecule has 24 heavy (non-hydrogen) atoms. The number of nitrogens with zero attached hydrogens (tertiary/aromatic N) is 1. The average molecular weight is 382 g/mol. The van der Waals surface area contributed by atoms with E-state index in [-0.39, 0.29) is 36.7 Å². The molecule has 0 bridgehead atoms. The molecule has 0 aromatic heterocycles. The fourth-order valence-corrected chi connectivity index (χ4v) is 3.13. The van der Waals surface area contributed by atoms with Gasteiger partial charge in [0, 0.05) is 26.6 Å². The van der Waals surface area contributed by atoms with Crippen LogP contribution in [0.2, 0.25) is 0 Å². The van der Waals surface area contributed by atoms with Crippen LogP contribution in [0.15, 0.2) is 29.2 Å². The molecule has 1 aromatic carbocycles. The van der Waals surface area contributed by atoms with Crippen molar-refractivity contribution in [3.05, 3.63) is 30.1 Å². The van der Waals surface area contributed by atoms with Crippen LogP contribution in [-0.4, -0.2) is 45.9 Å². The predicted molar refractivity (Wildman–Crippen MR) is 93.9 cm³/mol. The first-order valence-electron chi connectivity index (χ1n) is 7.27. The fraction of sp³-hybridized carbons (Fsp3) is 0.533.